The highest BCUT2D eigenvalue weighted by Crippen LogP contribution is 2.39. The Morgan fingerprint density at radius 3 is 2.48 bits per heavy atom. The van der Waals surface area contributed by atoms with Crippen molar-refractivity contribution in [2.24, 2.45) is 17.8 Å². The van der Waals surface area contributed by atoms with Gasteiger partial charge in [0.15, 0.2) is 0 Å². The fourth-order valence-electron chi connectivity index (χ4n) is 2.85. The molecule has 4 nitrogen and oxygen atoms in total. The average molecular weight is 330 g/mol. The summed E-state index contributed by atoms with van der Waals surface area (Å²) in [6, 6.07) is 4.80. The van der Waals surface area contributed by atoms with Gasteiger partial charge in [-0.2, -0.15) is 0 Å². The Bertz CT molecular complexity index is 562. The molecule has 0 saturated heterocycles. The van der Waals surface area contributed by atoms with Crippen LogP contribution in [0.4, 0.5) is 5.69 Å². The third kappa shape index (κ3) is 3.69. The van der Waals surface area contributed by atoms with Crippen molar-refractivity contribution >= 4 is 40.8 Å². The molecule has 1 aromatic carbocycles. The third-order valence-electron chi connectivity index (χ3n) is 4.08. The number of rotatable bonds is 4. The maximum absolute atomic E-state index is 12.3. The van der Waals surface area contributed by atoms with E-state index < -0.39 is 17.8 Å². The van der Waals surface area contributed by atoms with Gasteiger partial charge >= 0.3 is 5.97 Å². The molecule has 3 atom stereocenters. The number of carbonyl (C=O) groups is 2. The summed E-state index contributed by atoms with van der Waals surface area (Å²) in [6.07, 6.45) is 2.06. The molecular weight excluding hydrogens is 313 g/mol. The molecule has 2 rings (SSSR count). The van der Waals surface area contributed by atoms with Gasteiger partial charge in [-0.1, -0.05) is 36.5 Å². The quantitative estimate of drug-likeness (QED) is 0.874. The Kier molecular flexibility index (Phi) is 5.12. The van der Waals surface area contributed by atoms with Gasteiger partial charge in [0.05, 0.1) is 21.9 Å². The number of anilines is 1. The van der Waals surface area contributed by atoms with Crippen molar-refractivity contribution in [3.05, 3.63) is 28.2 Å². The Labute approximate surface area is 133 Å². The molecule has 0 radical (unpaired) electrons. The van der Waals surface area contributed by atoms with E-state index in [1.54, 1.807) is 18.2 Å². The van der Waals surface area contributed by atoms with Crippen LogP contribution >= 0.6 is 23.2 Å². The summed E-state index contributed by atoms with van der Waals surface area (Å²) in [4.78, 5) is 23.6. The van der Waals surface area contributed by atoms with Gasteiger partial charge in [0.25, 0.3) is 0 Å². The van der Waals surface area contributed by atoms with Crippen LogP contribution in [-0.4, -0.2) is 17.0 Å². The average Bonchev–Trinajstić information content (AvgIpc) is 2.87. The second kappa shape index (κ2) is 6.67. The minimum absolute atomic E-state index is 0.267. The lowest BCUT2D eigenvalue weighted by Crippen LogP contribution is -2.29. The van der Waals surface area contributed by atoms with Crippen LogP contribution in [0.2, 0.25) is 10.0 Å². The number of halogens is 2. The molecule has 1 aliphatic rings. The van der Waals surface area contributed by atoms with E-state index in [9.17, 15) is 14.7 Å². The molecule has 3 unspecified atom stereocenters. The number of carboxylic acids is 1. The van der Waals surface area contributed by atoms with Gasteiger partial charge in [-0.3, -0.25) is 9.59 Å². The molecule has 0 bridgehead atoms. The molecule has 1 aromatic rings. The van der Waals surface area contributed by atoms with Crippen LogP contribution in [0.15, 0.2) is 18.2 Å². The second-order valence-electron chi connectivity index (χ2n) is 5.42. The van der Waals surface area contributed by atoms with Gasteiger partial charge in [0.2, 0.25) is 5.91 Å². The number of carbonyl (C=O) groups excluding carboxylic acids is 1. The van der Waals surface area contributed by atoms with Crippen LogP contribution in [0.3, 0.4) is 0 Å². The highest BCUT2D eigenvalue weighted by Gasteiger charge is 2.42. The molecule has 1 amide bonds. The van der Waals surface area contributed by atoms with E-state index in [1.165, 1.54) is 0 Å². The van der Waals surface area contributed by atoms with Gasteiger partial charge in [-0.05, 0) is 37.0 Å². The van der Waals surface area contributed by atoms with Gasteiger partial charge in [0, 0.05) is 5.69 Å². The third-order valence-corrected chi connectivity index (χ3v) is 4.82. The van der Waals surface area contributed by atoms with Crippen LogP contribution < -0.4 is 5.32 Å². The van der Waals surface area contributed by atoms with E-state index in [4.69, 9.17) is 23.2 Å². The first-order valence-corrected chi connectivity index (χ1v) is 7.66. The van der Waals surface area contributed by atoms with Crippen molar-refractivity contribution in [2.45, 2.75) is 26.2 Å². The van der Waals surface area contributed by atoms with E-state index in [1.807, 2.05) is 6.92 Å². The number of hydrogen-bond acceptors (Lipinski definition) is 2. The van der Waals surface area contributed by atoms with Crippen molar-refractivity contribution in [1.82, 2.24) is 0 Å². The van der Waals surface area contributed by atoms with Crippen molar-refractivity contribution in [2.75, 3.05) is 5.32 Å². The number of benzene rings is 1. The summed E-state index contributed by atoms with van der Waals surface area (Å²) in [6.45, 7) is 2.02. The summed E-state index contributed by atoms with van der Waals surface area (Å²) in [5.74, 6) is -1.99. The molecule has 1 fully saturated rings. The summed E-state index contributed by atoms with van der Waals surface area (Å²) in [5.41, 5.74) is 0.526. The van der Waals surface area contributed by atoms with E-state index >= 15 is 0 Å². The maximum Gasteiger partial charge on any atom is 0.307 e. The SMILES string of the molecule is CCC1CC(C(=O)O)C(C(=O)Nc2ccc(Cl)c(Cl)c2)C1. The lowest BCUT2D eigenvalue weighted by atomic mass is 9.95. The fourth-order valence-corrected chi connectivity index (χ4v) is 3.15. The number of amides is 1. The molecule has 0 aromatic heterocycles. The van der Waals surface area contributed by atoms with Crippen molar-refractivity contribution in [1.29, 1.82) is 0 Å². The highest BCUT2D eigenvalue weighted by atomic mass is 35.5. The zero-order valence-electron chi connectivity index (χ0n) is 11.6. The standard InChI is InChI=1S/C15H17Cl2NO3/c1-2-8-5-10(11(6-8)15(20)21)14(19)18-9-3-4-12(16)13(17)7-9/h3-4,7-8,10-11H,2,5-6H2,1H3,(H,18,19)(H,20,21). The molecule has 1 saturated carbocycles. The molecule has 21 heavy (non-hydrogen) atoms. The molecule has 6 heteroatoms. The number of aliphatic carboxylic acids is 1. The zero-order chi connectivity index (χ0) is 15.6. The van der Waals surface area contributed by atoms with Crippen molar-refractivity contribution < 1.29 is 14.7 Å². The zero-order valence-corrected chi connectivity index (χ0v) is 13.1. The van der Waals surface area contributed by atoms with Crippen LogP contribution in [0.25, 0.3) is 0 Å². The van der Waals surface area contributed by atoms with Gasteiger partial charge in [0.1, 0.15) is 0 Å². The van der Waals surface area contributed by atoms with E-state index in [-0.39, 0.29) is 11.8 Å². The summed E-state index contributed by atoms with van der Waals surface area (Å²) >= 11 is 11.7. The van der Waals surface area contributed by atoms with Gasteiger partial charge in [-0.15, -0.1) is 0 Å². The minimum Gasteiger partial charge on any atom is -0.481 e. The predicted molar refractivity (Wildman–Crippen MR) is 82.7 cm³/mol. The van der Waals surface area contributed by atoms with Crippen molar-refractivity contribution in [3.8, 4) is 0 Å². The summed E-state index contributed by atoms with van der Waals surface area (Å²) < 4.78 is 0. The Morgan fingerprint density at radius 2 is 1.90 bits per heavy atom. The summed E-state index contributed by atoms with van der Waals surface area (Å²) in [5, 5.41) is 12.8. The lowest BCUT2D eigenvalue weighted by molar-refractivity contribution is -0.145. The van der Waals surface area contributed by atoms with E-state index in [0.717, 1.165) is 6.42 Å². The largest absolute Gasteiger partial charge is 0.481 e. The Hall–Kier alpha value is -1.26. The molecule has 114 valence electrons. The van der Waals surface area contributed by atoms with Gasteiger partial charge < -0.3 is 10.4 Å². The molecule has 0 heterocycles. The van der Waals surface area contributed by atoms with Gasteiger partial charge in [-0.25, -0.2) is 0 Å². The molecule has 0 aliphatic heterocycles. The number of carboxylic acid groups (broad SMARTS) is 1. The normalized spacial score (nSPS) is 24.8. The molecule has 1 aliphatic carbocycles. The highest BCUT2D eigenvalue weighted by molar-refractivity contribution is 6.42. The molecule has 2 N–H and O–H groups in total. The minimum atomic E-state index is -0.903. The fraction of sp³-hybridized carbons (Fsp3) is 0.467. The van der Waals surface area contributed by atoms with Crippen LogP contribution in [0.1, 0.15) is 26.2 Å². The first-order chi connectivity index (χ1) is 9.92. The first kappa shape index (κ1) is 16.1. The Balaban J connectivity index is 2.11. The van der Waals surface area contributed by atoms with E-state index in [2.05, 4.69) is 5.32 Å². The van der Waals surface area contributed by atoms with Crippen LogP contribution in [0, 0.1) is 17.8 Å². The second-order valence-corrected chi connectivity index (χ2v) is 6.23. The van der Waals surface area contributed by atoms with Crippen LogP contribution in [-0.2, 0) is 9.59 Å². The van der Waals surface area contributed by atoms with E-state index in [0.29, 0.717) is 28.6 Å². The lowest BCUT2D eigenvalue weighted by Gasteiger charge is -2.15. The van der Waals surface area contributed by atoms with Crippen LogP contribution in [0.5, 0.6) is 0 Å². The monoisotopic (exact) mass is 329 g/mol. The topological polar surface area (TPSA) is 66.4 Å². The molecule has 0 spiro atoms. The summed E-state index contributed by atoms with van der Waals surface area (Å²) in [7, 11) is 0. The molecular formula is C15H17Cl2NO3. The number of nitrogens with one attached hydrogen (secondary N) is 1. The maximum atomic E-state index is 12.3. The predicted octanol–water partition coefficient (Wildman–Crippen LogP) is 4.07. The van der Waals surface area contributed by atoms with Crippen molar-refractivity contribution in [3.63, 3.8) is 0 Å². The number of hydrogen-bond donors (Lipinski definition) is 2. The first-order valence-electron chi connectivity index (χ1n) is 6.91. The smallest absolute Gasteiger partial charge is 0.307 e. The Morgan fingerprint density at radius 1 is 1.24 bits per heavy atom.